The third-order valence-corrected chi connectivity index (χ3v) is 7.46. The van der Waals surface area contributed by atoms with Crippen LogP contribution in [0.2, 0.25) is 0 Å². The van der Waals surface area contributed by atoms with Gasteiger partial charge >= 0.3 is 0 Å². The van der Waals surface area contributed by atoms with Crippen LogP contribution in [0.15, 0.2) is 81.7 Å². The van der Waals surface area contributed by atoms with Gasteiger partial charge in [-0.2, -0.15) is 0 Å². The fourth-order valence-corrected chi connectivity index (χ4v) is 5.06. The van der Waals surface area contributed by atoms with Gasteiger partial charge in [0, 0.05) is 24.0 Å². The van der Waals surface area contributed by atoms with Crippen molar-refractivity contribution in [3.05, 3.63) is 98.4 Å². The van der Waals surface area contributed by atoms with E-state index >= 15 is 0 Å². The summed E-state index contributed by atoms with van der Waals surface area (Å²) in [4.78, 5) is 29.0. The molecule has 0 aliphatic heterocycles. The number of carbonyl (C=O) groups excluding carboxylic acids is 2. The molecule has 3 aromatic rings. The van der Waals surface area contributed by atoms with Crippen molar-refractivity contribution >= 4 is 43.7 Å². The van der Waals surface area contributed by atoms with E-state index in [4.69, 9.17) is 4.74 Å². The van der Waals surface area contributed by atoms with Crippen molar-refractivity contribution in [3.8, 4) is 5.75 Å². The lowest BCUT2D eigenvalue weighted by molar-refractivity contribution is -0.142. The van der Waals surface area contributed by atoms with Crippen molar-refractivity contribution in [2.75, 3.05) is 13.2 Å². The fourth-order valence-electron chi connectivity index (χ4n) is 4.12. The molecular formula is C32H38Br2N2O3. The van der Waals surface area contributed by atoms with Crippen molar-refractivity contribution in [3.63, 3.8) is 0 Å². The van der Waals surface area contributed by atoms with Gasteiger partial charge in [0.1, 0.15) is 11.8 Å². The zero-order valence-electron chi connectivity index (χ0n) is 23.3. The molecule has 0 aliphatic carbocycles. The predicted molar refractivity (Wildman–Crippen MR) is 165 cm³/mol. The first kappa shape index (κ1) is 30.9. The summed E-state index contributed by atoms with van der Waals surface area (Å²) in [7, 11) is 0. The SMILES string of the molecule is CC(C)CNC(=O)[C@H](Cc1ccccc1)N(Cc1cccc(Br)c1)C(=O)COc1ccc(C(C)(C)C)cc1Br. The van der Waals surface area contributed by atoms with Crippen LogP contribution in [0.4, 0.5) is 0 Å². The second kappa shape index (κ2) is 14.1. The van der Waals surface area contributed by atoms with E-state index in [0.717, 1.165) is 25.6 Å². The highest BCUT2D eigenvalue weighted by Crippen LogP contribution is 2.31. The topological polar surface area (TPSA) is 58.6 Å². The molecule has 7 heteroatoms. The number of hydrogen-bond acceptors (Lipinski definition) is 3. The Labute approximate surface area is 249 Å². The average Bonchev–Trinajstić information content (AvgIpc) is 2.88. The number of benzene rings is 3. The lowest BCUT2D eigenvalue weighted by Crippen LogP contribution is -2.52. The van der Waals surface area contributed by atoms with Crippen LogP contribution < -0.4 is 10.1 Å². The monoisotopic (exact) mass is 656 g/mol. The van der Waals surface area contributed by atoms with E-state index < -0.39 is 6.04 Å². The number of nitrogens with zero attached hydrogens (tertiary/aromatic N) is 1. The van der Waals surface area contributed by atoms with E-state index in [1.54, 1.807) is 4.90 Å². The van der Waals surface area contributed by atoms with Gasteiger partial charge < -0.3 is 15.0 Å². The smallest absolute Gasteiger partial charge is 0.261 e. The Hall–Kier alpha value is -2.64. The highest BCUT2D eigenvalue weighted by atomic mass is 79.9. The van der Waals surface area contributed by atoms with Crippen LogP contribution in [0, 0.1) is 5.92 Å². The summed E-state index contributed by atoms with van der Waals surface area (Å²) in [6.07, 6.45) is 0.397. The molecule has 0 aromatic heterocycles. The normalized spacial score (nSPS) is 12.2. The highest BCUT2D eigenvalue weighted by Gasteiger charge is 2.31. The zero-order chi connectivity index (χ0) is 28.6. The van der Waals surface area contributed by atoms with Crippen LogP contribution in [0.1, 0.15) is 51.3 Å². The van der Waals surface area contributed by atoms with Crippen LogP contribution in [0.3, 0.4) is 0 Å². The molecule has 3 rings (SSSR count). The Morgan fingerprint density at radius 1 is 0.923 bits per heavy atom. The van der Waals surface area contributed by atoms with Crippen LogP contribution in [-0.2, 0) is 28.0 Å². The first-order valence-corrected chi connectivity index (χ1v) is 14.8. The Morgan fingerprint density at radius 3 is 2.23 bits per heavy atom. The zero-order valence-corrected chi connectivity index (χ0v) is 26.5. The molecule has 0 fully saturated rings. The molecule has 2 amide bonds. The Morgan fingerprint density at radius 2 is 1.62 bits per heavy atom. The van der Waals surface area contributed by atoms with Gasteiger partial charge in [0.25, 0.3) is 5.91 Å². The number of nitrogens with one attached hydrogen (secondary N) is 1. The third-order valence-electron chi connectivity index (χ3n) is 6.35. The Balaban J connectivity index is 1.90. The molecule has 0 saturated heterocycles. The summed E-state index contributed by atoms with van der Waals surface area (Å²) in [6.45, 7) is 11.2. The minimum Gasteiger partial charge on any atom is -0.483 e. The molecule has 0 unspecified atom stereocenters. The molecular weight excluding hydrogens is 620 g/mol. The summed E-state index contributed by atoms with van der Waals surface area (Å²) in [5, 5.41) is 3.05. The molecule has 208 valence electrons. The van der Waals surface area contributed by atoms with E-state index in [0.29, 0.717) is 18.7 Å². The van der Waals surface area contributed by atoms with E-state index in [1.165, 1.54) is 0 Å². The molecule has 1 atom stereocenters. The maximum atomic E-state index is 13.8. The minimum absolute atomic E-state index is 0.00830. The van der Waals surface area contributed by atoms with Gasteiger partial charge in [-0.1, -0.05) is 99.1 Å². The fraction of sp³-hybridized carbons (Fsp3) is 0.375. The van der Waals surface area contributed by atoms with Crippen molar-refractivity contribution in [1.29, 1.82) is 0 Å². The largest absolute Gasteiger partial charge is 0.483 e. The number of amides is 2. The van der Waals surface area contributed by atoms with Gasteiger partial charge in [-0.25, -0.2) is 0 Å². The number of hydrogen-bond donors (Lipinski definition) is 1. The standard InChI is InChI=1S/C32H38Br2N2O3/c1-22(2)19-35-31(38)28(17-23-10-7-6-8-11-23)36(20-24-12-9-13-26(33)16-24)30(37)21-39-29-15-14-25(18-27(29)34)32(3,4)5/h6-16,18,22,28H,17,19-21H2,1-5H3,(H,35,38)/t28-/m0/s1. The summed E-state index contributed by atoms with van der Waals surface area (Å²) in [5.41, 5.74) is 3.05. The molecule has 0 spiro atoms. The number of ether oxygens (including phenoxy) is 1. The lowest BCUT2D eigenvalue weighted by Gasteiger charge is -2.32. The van der Waals surface area contributed by atoms with Crippen LogP contribution in [0.5, 0.6) is 5.75 Å². The minimum atomic E-state index is -0.701. The summed E-state index contributed by atoms with van der Waals surface area (Å²) in [5.74, 6) is 0.439. The first-order chi connectivity index (χ1) is 18.4. The van der Waals surface area contributed by atoms with Gasteiger partial charge in [-0.15, -0.1) is 0 Å². The quantitative estimate of drug-likeness (QED) is 0.235. The molecule has 3 aromatic carbocycles. The lowest BCUT2D eigenvalue weighted by atomic mass is 9.87. The molecule has 1 N–H and O–H groups in total. The van der Waals surface area contributed by atoms with E-state index in [1.807, 2.05) is 86.6 Å². The summed E-state index contributed by atoms with van der Waals surface area (Å²) >= 11 is 7.13. The molecule has 0 bridgehead atoms. The van der Waals surface area contributed by atoms with Gasteiger partial charge in [0.2, 0.25) is 5.91 Å². The Kier molecular flexibility index (Phi) is 11.2. The van der Waals surface area contributed by atoms with Crippen LogP contribution in [0.25, 0.3) is 0 Å². The number of halogens is 2. The molecule has 39 heavy (non-hydrogen) atoms. The van der Waals surface area contributed by atoms with E-state index in [-0.39, 0.29) is 36.3 Å². The molecule has 5 nitrogen and oxygen atoms in total. The Bertz CT molecular complexity index is 1260. The van der Waals surface area contributed by atoms with Crippen LogP contribution in [-0.4, -0.2) is 35.9 Å². The average molecular weight is 658 g/mol. The van der Waals surface area contributed by atoms with Gasteiger partial charge in [-0.05, 0) is 68.2 Å². The predicted octanol–water partition coefficient (Wildman–Crippen LogP) is 7.30. The number of rotatable bonds is 11. The highest BCUT2D eigenvalue weighted by molar-refractivity contribution is 9.10. The van der Waals surface area contributed by atoms with Gasteiger partial charge in [0.15, 0.2) is 6.61 Å². The van der Waals surface area contributed by atoms with E-state index in [2.05, 4.69) is 57.9 Å². The van der Waals surface area contributed by atoms with Crippen molar-refractivity contribution in [1.82, 2.24) is 10.2 Å². The third kappa shape index (κ3) is 9.50. The van der Waals surface area contributed by atoms with Gasteiger partial charge in [-0.3, -0.25) is 9.59 Å². The number of carbonyl (C=O) groups is 2. The van der Waals surface area contributed by atoms with E-state index in [9.17, 15) is 9.59 Å². The maximum Gasteiger partial charge on any atom is 0.261 e. The second-order valence-corrected chi connectivity index (χ2v) is 12.9. The van der Waals surface area contributed by atoms with Crippen LogP contribution >= 0.6 is 31.9 Å². The summed E-state index contributed by atoms with van der Waals surface area (Å²) in [6, 6.07) is 22.8. The second-order valence-electron chi connectivity index (χ2n) is 11.2. The maximum absolute atomic E-state index is 13.8. The van der Waals surface area contributed by atoms with Crippen molar-refractivity contribution in [2.45, 2.75) is 59.0 Å². The molecule has 0 aliphatic rings. The first-order valence-electron chi connectivity index (χ1n) is 13.2. The molecule has 0 saturated carbocycles. The van der Waals surface area contributed by atoms with Gasteiger partial charge in [0.05, 0.1) is 4.47 Å². The van der Waals surface area contributed by atoms with Crippen molar-refractivity contribution < 1.29 is 14.3 Å². The molecule has 0 radical (unpaired) electrons. The van der Waals surface area contributed by atoms with Crippen molar-refractivity contribution in [2.24, 2.45) is 5.92 Å². The summed E-state index contributed by atoms with van der Waals surface area (Å²) < 4.78 is 7.71. The molecule has 0 heterocycles.